The first-order valence-corrected chi connectivity index (χ1v) is 6.42. The van der Waals surface area contributed by atoms with E-state index in [0.29, 0.717) is 17.2 Å². The molecule has 104 valence electrons. The maximum Gasteiger partial charge on any atom is 0.286 e. The third-order valence-electron chi connectivity index (χ3n) is 2.97. The Morgan fingerprint density at radius 3 is 2.20 bits per heavy atom. The number of H-pyrrole nitrogens is 1. The van der Waals surface area contributed by atoms with Gasteiger partial charge in [0.05, 0.1) is 0 Å². The molecule has 0 saturated carbocycles. The molecule has 3 N–H and O–H groups in total. The van der Waals surface area contributed by atoms with E-state index in [1.54, 1.807) is 30.5 Å². The maximum absolute atomic E-state index is 11.9. The summed E-state index contributed by atoms with van der Waals surface area (Å²) in [6.07, 6.45) is 1.64. The molecule has 1 aromatic carbocycles. The van der Waals surface area contributed by atoms with Crippen molar-refractivity contribution in [3.63, 3.8) is 0 Å². The predicted octanol–water partition coefficient (Wildman–Crippen LogP) is 2.21. The van der Waals surface area contributed by atoms with Gasteiger partial charge in [-0.2, -0.15) is 0 Å². The molecule has 0 bridgehead atoms. The van der Waals surface area contributed by atoms with Gasteiger partial charge in [0, 0.05) is 11.8 Å². The minimum atomic E-state index is -0.387. The van der Waals surface area contributed by atoms with E-state index >= 15 is 0 Å². The van der Waals surface area contributed by atoms with Gasteiger partial charge in [0.25, 0.3) is 11.8 Å². The molecule has 2 rings (SSSR count). The van der Waals surface area contributed by atoms with Crippen LogP contribution in [0.2, 0.25) is 0 Å². The second kappa shape index (κ2) is 6.06. The summed E-state index contributed by atoms with van der Waals surface area (Å²) in [4.78, 5) is 26.2. The number of carbonyl (C=O) groups excluding carboxylic acids is 2. The first-order valence-electron chi connectivity index (χ1n) is 6.42. The Kier molecular flexibility index (Phi) is 4.20. The molecule has 0 saturated heterocycles. The van der Waals surface area contributed by atoms with Crippen molar-refractivity contribution in [2.75, 3.05) is 0 Å². The van der Waals surface area contributed by atoms with Crippen molar-refractivity contribution >= 4 is 11.8 Å². The molecule has 0 radical (unpaired) electrons. The second-order valence-electron chi connectivity index (χ2n) is 4.77. The number of aromatic nitrogens is 1. The zero-order valence-electron chi connectivity index (χ0n) is 11.4. The van der Waals surface area contributed by atoms with Crippen LogP contribution in [-0.4, -0.2) is 16.8 Å². The smallest absolute Gasteiger partial charge is 0.286 e. The molecular weight excluding hydrogens is 254 g/mol. The van der Waals surface area contributed by atoms with E-state index in [-0.39, 0.29) is 11.8 Å². The summed E-state index contributed by atoms with van der Waals surface area (Å²) in [5.74, 6) is -0.318. The van der Waals surface area contributed by atoms with E-state index in [0.717, 1.165) is 5.56 Å². The van der Waals surface area contributed by atoms with Gasteiger partial charge < -0.3 is 4.98 Å². The summed E-state index contributed by atoms with van der Waals surface area (Å²) >= 11 is 0. The molecule has 5 nitrogen and oxygen atoms in total. The second-order valence-corrected chi connectivity index (χ2v) is 4.77. The van der Waals surface area contributed by atoms with Crippen LogP contribution in [0.4, 0.5) is 0 Å². The van der Waals surface area contributed by atoms with E-state index in [2.05, 4.69) is 29.7 Å². The molecule has 0 aliphatic heterocycles. The van der Waals surface area contributed by atoms with Crippen LogP contribution in [0.5, 0.6) is 0 Å². The van der Waals surface area contributed by atoms with Crippen molar-refractivity contribution < 1.29 is 9.59 Å². The van der Waals surface area contributed by atoms with Gasteiger partial charge in [-0.1, -0.05) is 26.0 Å². The first-order chi connectivity index (χ1) is 9.58. The lowest BCUT2D eigenvalue weighted by Crippen LogP contribution is -2.41. The van der Waals surface area contributed by atoms with E-state index in [4.69, 9.17) is 0 Å². The standard InChI is InChI=1S/C15H17N3O2/c1-10(2)11-5-7-12(8-6-11)14(19)17-18-15(20)13-4-3-9-16-13/h3-10,16H,1-2H3,(H,17,19)(H,18,20). The predicted molar refractivity (Wildman–Crippen MR) is 76.3 cm³/mol. The highest BCUT2D eigenvalue weighted by Crippen LogP contribution is 2.14. The van der Waals surface area contributed by atoms with Gasteiger partial charge >= 0.3 is 0 Å². The molecule has 0 fully saturated rings. The Morgan fingerprint density at radius 1 is 1.00 bits per heavy atom. The number of amides is 2. The monoisotopic (exact) mass is 271 g/mol. The van der Waals surface area contributed by atoms with Gasteiger partial charge in [-0.25, -0.2) is 0 Å². The maximum atomic E-state index is 11.9. The van der Waals surface area contributed by atoms with Gasteiger partial charge in [-0.15, -0.1) is 0 Å². The Labute approximate surface area is 117 Å². The van der Waals surface area contributed by atoms with Crippen molar-refractivity contribution in [3.8, 4) is 0 Å². The minimum absolute atomic E-state index is 0.347. The van der Waals surface area contributed by atoms with E-state index < -0.39 is 0 Å². The zero-order valence-corrected chi connectivity index (χ0v) is 11.4. The van der Waals surface area contributed by atoms with Crippen molar-refractivity contribution in [3.05, 3.63) is 59.4 Å². The fourth-order valence-electron chi connectivity index (χ4n) is 1.74. The number of carbonyl (C=O) groups is 2. The van der Waals surface area contributed by atoms with Crippen LogP contribution in [0.25, 0.3) is 0 Å². The van der Waals surface area contributed by atoms with E-state index in [1.165, 1.54) is 0 Å². The summed E-state index contributed by atoms with van der Waals surface area (Å²) in [6, 6.07) is 10.6. The highest BCUT2D eigenvalue weighted by molar-refractivity contribution is 5.98. The van der Waals surface area contributed by atoms with Crippen LogP contribution >= 0.6 is 0 Å². The lowest BCUT2D eigenvalue weighted by Gasteiger charge is -2.08. The van der Waals surface area contributed by atoms with Gasteiger partial charge in [-0.3, -0.25) is 20.4 Å². The van der Waals surface area contributed by atoms with Crippen molar-refractivity contribution in [1.82, 2.24) is 15.8 Å². The van der Waals surface area contributed by atoms with Crippen molar-refractivity contribution in [2.45, 2.75) is 19.8 Å². The van der Waals surface area contributed by atoms with E-state index in [9.17, 15) is 9.59 Å². The van der Waals surface area contributed by atoms with Crippen LogP contribution in [0.1, 0.15) is 46.2 Å². The summed E-state index contributed by atoms with van der Waals surface area (Å²) in [5, 5.41) is 0. The summed E-state index contributed by atoms with van der Waals surface area (Å²) in [5.41, 5.74) is 6.78. The van der Waals surface area contributed by atoms with Crippen LogP contribution in [0, 0.1) is 0 Å². The molecule has 1 aromatic heterocycles. The lowest BCUT2D eigenvalue weighted by molar-refractivity contribution is 0.0844. The third kappa shape index (κ3) is 3.26. The Bertz CT molecular complexity index is 586. The van der Waals surface area contributed by atoms with Crippen molar-refractivity contribution in [1.29, 1.82) is 0 Å². The quantitative estimate of drug-likeness (QED) is 0.749. The van der Waals surface area contributed by atoms with Crippen LogP contribution in [-0.2, 0) is 0 Å². The lowest BCUT2D eigenvalue weighted by atomic mass is 10.0. The number of hydrogen-bond donors (Lipinski definition) is 3. The van der Waals surface area contributed by atoms with Gasteiger partial charge in [0.15, 0.2) is 0 Å². The molecular formula is C15H17N3O2. The fourth-order valence-corrected chi connectivity index (χ4v) is 1.74. The van der Waals surface area contributed by atoms with Crippen LogP contribution in [0.15, 0.2) is 42.6 Å². The first kappa shape index (κ1) is 13.9. The topological polar surface area (TPSA) is 74.0 Å². The molecule has 5 heteroatoms. The average molecular weight is 271 g/mol. The molecule has 2 aromatic rings. The Morgan fingerprint density at radius 2 is 1.65 bits per heavy atom. The van der Waals surface area contributed by atoms with Gasteiger partial charge in [0.1, 0.15) is 5.69 Å². The number of aromatic amines is 1. The highest BCUT2D eigenvalue weighted by Gasteiger charge is 2.09. The Balaban J connectivity index is 1.93. The van der Waals surface area contributed by atoms with Gasteiger partial charge in [-0.05, 0) is 35.7 Å². The molecule has 0 aliphatic rings. The molecule has 20 heavy (non-hydrogen) atoms. The molecule has 0 aliphatic carbocycles. The summed E-state index contributed by atoms with van der Waals surface area (Å²) in [6.45, 7) is 4.18. The third-order valence-corrected chi connectivity index (χ3v) is 2.97. The number of benzene rings is 1. The zero-order chi connectivity index (χ0) is 14.5. The summed E-state index contributed by atoms with van der Waals surface area (Å²) in [7, 11) is 0. The molecule has 0 unspecified atom stereocenters. The normalized spacial score (nSPS) is 10.3. The van der Waals surface area contributed by atoms with Crippen molar-refractivity contribution in [2.24, 2.45) is 0 Å². The Hall–Kier alpha value is -2.56. The number of nitrogens with one attached hydrogen (secondary N) is 3. The highest BCUT2D eigenvalue weighted by atomic mass is 16.2. The van der Waals surface area contributed by atoms with Gasteiger partial charge in [0.2, 0.25) is 0 Å². The number of hydrogen-bond acceptors (Lipinski definition) is 2. The fraction of sp³-hybridized carbons (Fsp3) is 0.200. The number of rotatable bonds is 3. The largest absolute Gasteiger partial charge is 0.357 e. The SMILES string of the molecule is CC(C)c1ccc(C(=O)NNC(=O)c2ccc[nH]2)cc1. The van der Waals surface area contributed by atoms with Crippen LogP contribution < -0.4 is 10.9 Å². The van der Waals surface area contributed by atoms with E-state index in [1.807, 2.05) is 12.1 Å². The number of hydrazine groups is 1. The molecule has 1 heterocycles. The molecule has 0 atom stereocenters. The minimum Gasteiger partial charge on any atom is -0.357 e. The summed E-state index contributed by atoms with van der Waals surface area (Å²) < 4.78 is 0. The molecule has 2 amide bonds. The average Bonchev–Trinajstić information content (AvgIpc) is 2.98. The molecule has 0 spiro atoms. The van der Waals surface area contributed by atoms with Crippen LogP contribution in [0.3, 0.4) is 0 Å².